The number of rotatable bonds is 7. The maximum atomic E-state index is 13.3. The van der Waals surface area contributed by atoms with Crippen molar-refractivity contribution in [3.63, 3.8) is 0 Å². The Morgan fingerprint density at radius 2 is 1.76 bits per heavy atom. The standard InChI is InChI=1S/C25H27N3O5/c1-18-15-22(27-33-18)26-23(29)17-28(2)14-13-21(16-28)32-24(30)25(31,19-9-5-3-6-10-19)20-11-7-4-8-12-20/h3-12,15,21,31H,13-14,16-17H2,1-2H3/p+1. The molecule has 2 aromatic carbocycles. The summed E-state index contributed by atoms with van der Waals surface area (Å²) in [4.78, 5) is 25.8. The summed E-state index contributed by atoms with van der Waals surface area (Å²) in [7, 11) is 1.95. The summed E-state index contributed by atoms with van der Waals surface area (Å²) in [5.74, 6) is 0.0777. The van der Waals surface area contributed by atoms with Crippen LogP contribution in [0.15, 0.2) is 71.3 Å². The number of nitrogens with zero attached hydrogens (tertiary/aromatic N) is 2. The van der Waals surface area contributed by atoms with E-state index in [1.165, 1.54) is 0 Å². The Morgan fingerprint density at radius 1 is 1.15 bits per heavy atom. The van der Waals surface area contributed by atoms with E-state index in [1.54, 1.807) is 61.5 Å². The number of carbonyl (C=O) groups excluding carboxylic acids is 2. The monoisotopic (exact) mass is 450 g/mol. The van der Waals surface area contributed by atoms with Crippen molar-refractivity contribution < 1.29 is 28.4 Å². The van der Waals surface area contributed by atoms with E-state index < -0.39 is 17.7 Å². The number of anilines is 1. The highest BCUT2D eigenvalue weighted by Crippen LogP contribution is 2.32. The van der Waals surface area contributed by atoms with Gasteiger partial charge in [-0.25, -0.2) is 4.79 Å². The Bertz CT molecular complexity index is 1080. The third kappa shape index (κ3) is 4.97. The van der Waals surface area contributed by atoms with Crippen LogP contribution in [-0.2, 0) is 19.9 Å². The third-order valence-electron chi connectivity index (χ3n) is 6.01. The van der Waals surface area contributed by atoms with Gasteiger partial charge < -0.3 is 24.2 Å². The molecule has 2 atom stereocenters. The number of aryl methyl sites for hydroxylation is 1. The van der Waals surface area contributed by atoms with Crippen LogP contribution in [-0.4, -0.2) is 59.4 Å². The van der Waals surface area contributed by atoms with Gasteiger partial charge in [0, 0.05) is 12.5 Å². The zero-order chi connectivity index (χ0) is 23.5. The lowest BCUT2D eigenvalue weighted by Gasteiger charge is -2.30. The summed E-state index contributed by atoms with van der Waals surface area (Å²) in [6.45, 7) is 3.10. The molecule has 33 heavy (non-hydrogen) atoms. The first-order valence-corrected chi connectivity index (χ1v) is 10.9. The molecule has 1 saturated heterocycles. The number of ether oxygens (including phenoxy) is 1. The number of likely N-dealkylation sites (tertiary alicyclic amines) is 1. The zero-order valence-corrected chi connectivity index (χ0v) is 18.7. The molecule has 4 rings (SSSR count). The van der Waals surface area contributed by atoms with Gasteiger partial charge in [-0.2, -0.15) is 0 Å². The molecular formula is C25H28N3O5+. The minimum Gasteiger partial charge on any atom is -0.453 e. The normalized spacial score (nSPS) is 20.4. The second kappa shape index (κ2) is 9.17. The number of amides is 1. The number of aromatic nitrogens is 1. The number of esters is 1. The Balaban J connectivity index is 1.44. The molecule has 172 valence electrons. The second-order valence-electron chi connectivity index (χ2n) is 8.81. The molecule has 1 fully saturated rings. The summed E-state index contributed by atoms with van der Waals surface area (Å²) in [6.07, 6.45) is 0.182. The SMILES string of the molecule is Cc1cc(NC(=O)C[N+]2(C)CCC(OC(=O)C(O)(c3ccccc3)c3ccccc3)C2)no1. The van der Waals surface area contributed by atoms with Crippen molar-refractivity contribution >= 4 is 17.7 Å². The van der Waals surface area contributed by atoms with Crippen molar-refractivity contribution in [2.75, 3.05) is 32.0 Å². The fraction of sp³-hybridized carbons (Fsp3) is 0.320. The Morgan fingerprint density at radius 3 is 2.30 bits per heavy atom. The zero-order valence-electron chi connectivity index (χ0n) is 18.7. The highest BCUT2D eigenvalue weighted by molar-refractivity contribution is 5.90. The van der Waals surface area contributed by atoms with Crippen LogP contribution in [0.4, 0.5) is 5.82 Å². The van der Waals surface area contributed by atoms with E-state index in [-0.39, 0.29) is 12.5 Å². The lowest BCUT2D eigenvalue weighted by Crippen LogP contribution is -2.48. The van der Waals surface area contributed by atoms with Crippen molar-refractivity contribution in [2.24, 2.45) is 0 Å². The number of quaternary nitrogens is 1. The predicted molar refractivity (Wildman–Crippen MR) is 121 cm³/mol. The molecule has 1 aliphatic rings. The van der Waals surface area contributed by atoms with Gasteiger partial charge in [0.2, 0.25) is 5.60 Å². The van der Waals surface area contributed by atoms with Crippen LogP contribution >= 0.6 is 0 Å². The number of aliphatic hydroxyl groups is 1. The van der Waals surface area contributed by atoms with Gasteiger partial charge in [0.1, 0.15) is 12.3 Å². The topological polar surface area (TPSA) is 102 Å². The number of hydrogen-bond donors (Lipinski definition) is 2. The number of nitrogens with one attached hydrogen (secondary N) is 1. The molecule has 0 spiro atoms. The van der Waals surface area contributed by atoms with Crippen molar-refractivity contribution in [2.45, 2.75) is 25.0 Å². The molecule has 8 heteroatoms. The molecule has 2 heterocycles. The number of likely N-dealkylation sites (N-methyl/N-ethyl adjacent to an activating group) is 1. The summed E-state index contributed by atoms with van der Waals surface area (Å²) in [6, 6.07) is 19.2. The van der Waals surface area contributed by atoms with E-state index in [2.05, 4.69) is 10.5 Å². The fourth-order valence-electron chi connectivity index (χ4n) is 4.32. The first-order chi connectivity index (χ1) is 15.8. The van der Waals surface area contributed by atoms with Gasteiger partial charge in [-0.15, -0.1) is 0 Å². The average molecular weight is 451 g/mol. The average Bonchev–Trinajstić information content (AvgIpc) is 3.38. The minimum absolute atomic E-state index is 0.192. The molecule has 0 radical (unpaired) electrons. The first kappa shape index (κ1) is 22.7. The second-order valence-corrected chi connectivity index (χ2v) is 8.81. The highest BCUT2D eigenvalue weighted by Gasteiger charge is 2.45. The predicted octanol–water partition coefficient (Wildman–Crippen LogP) is 2.62. The summed E-state index contributed by atoms with van der Waals surface area (Å²) >= 11 is 0. The largest absolute Gasteiger partial charge is 0.453 e. The van der Waals surface area contributed by atoms with Gasteiger partial charge in [0.15, 0.2) is 18.5 Å². The summed E-state index contributed by atoms with van der Waals surface area (Å²) in [5, 5.41) is 18.1. The summed E-state index contributed by atoms with van der Waals surface area (Å²) < 4.78 is 11.2. The molecule has 3 aromatic rings. The Kier molecular flexibility index (Phi) is 6.31. The van der Waals surface area contributed by atoms with Gasteiger partial charge in [0.25, 0.3) is 5.91 Å². The maximum Gasteiger partial charge on any atom is 0.348 e. The van der Waals surface area contributed by atoms with Crippen LogP contribution in [0.25, 0.3) is 0 Å². The summed E-state index contributed by atoms with van der Waals surface area (Å²) in [5.41, 5.74) is -1.03. The van der Waals surface area contributed by atoms with E-state index in [4.69, 9.17) is 9.26 Å². The van der Waals surface area contributed by atoms with E-state index in [0.29, 0.717) is 46.7 Å². The highest BCUT2D eigenvalue weighted by atomic mass is 16.6. The van der Waals surface area contributed by atoms with Crippen molar-refractivity contribution in [1.82, 2.24) is 5.16 Å². The van der Waals surface area contributed by atoms with E-state index in [1.807, 2.05) is 19.2 Å². The fourth-order valence-corrected chi connectivity index (χ4v) is 4.32. The van der Waals surface area contributed by atoms with Crippen molar-refractivity contribution in [3.8, 4) is 0 Å². The lowest BCUT2D eigenvalue weighted by atomic mass is 9.86. The third-order valence-corrected chi connectivity index (χ3v) is 6.01. The first-order valence-electron chi connectivity index (χ1n) is 10.9. The van der Waals surface area contributed by atoms with Crippen LogP contribution in [0, 0.1) is 6.92 Å². The van der Waals surface area contributed by atoms with Crippen LogP contribution in [0.1, 0.15) is 23.3 Å². The van der Waals surface area contributed by atoms with Gasteiger partial charge in [0.05, 0.1) is 13.6 Å². The van der Waals surface area contributed by atoms with Gasteiger partial charge in [-0.3, -0.25) is 4.79 Å². The van der Waals surface area contributed by atoms with Gasteiger partial charge >= 0.3 is 5.97 Å². The van der Waals surface area contributed by atoms with Gasteiger partial charge in [-0.1, -0.05) is 65.8 Å². The molecular weight excluding hydrogens is 422 g/mol. The lowest BCUT2D eigenvalue weighted by molar-refractivity contribution is -0.890. The minimum atomic E-state index is -1.92. The molecule has 0 saturated carbocycles. The van der Waals surface area contributed by atoms with Crippen molar-refractivity contribution in [1.29, 1.82) is 0 Å². The van der Waals surface area contributed by atoms with Crippen LogP contribution in [0.5, 0.6) is 0 Å². The number of benzene rings is 2. The van der Waals surface area contributed by atoms with Crippen LogP contribution < -0.4 is 5.32 Å². The van der Waals surface area contributed by atoms with Crippen LogP contribution in [0.3, 0.4) is 0 Å². The Hall–Kier alpha value is -3.49. The molecule has 1 amide bonds. The Labute approximate surface area is 192 Å². The van der Waals surface area contributed by atoms with E-state index in [0.717, 1.165) is 0 Å². The molecule has 1 aliphatic heterocycles. The van der Waals surface area contributed by atoms with Crippen LogP contribution in [0.2, 0.25) is 0 Å². The molecule has 0 bridgehead atoms. The van der Waals surface area contributed by atoms with E-state index in [9.17, 15) is 14.7 Å². The molecule has 2 N–H and O–H groups in total. The molecule has 0 aliphatic carbocycles. The van der Waals surface area contributed by atoms with E-state index >= 15 is 0 Å². The number of carbonyl (C=O) groups is 2. The molecule has 8 nitrogen and oxygen atoms in total. The van der Waals surface area contributed by atoms with Crippen molar-refractivity contribution in [3.05, 3.63) is 83.6 Å². The molecule has 2 unspecified atom stereocenters. The van der Waals surface area contributed by atoms with Gasteiger partial charge in [-0.05, 0) is 18.1 Å². The smallest absolute Gasteiger partial charge is 0.348 e. The quantitative estimate of drug-likeness (QED) is 0.424. The maximum absolute atomic E-state index is 13.3. The molecule has 1 aromatic heterocycles. The number of hydrogen-bond acceptors (Lipinski definition) is 6.